The number of hydrogen-bond acceptors (Lipinski definition) is 5. The third-order valence-electron chi connectivity index (χ3n) is 5.05. The summed E-state index contributed by atoms with van der Waals surface area (Å²) in [5.41, 5.74) is 0.910. The number of halogens is 3. The van der Waals surface area contributed by atoms with Crippen LogP contribution < -0.4 is 5.32 Å². The summed E-state index contributed by atoms with van der Waals surface area (Å²) in [4.78, 5) is 17.1. The van der Waals surface area contributed by atoms with Crippen molar-refractivity contribution in [2.45, 2.75) is 17.0 Å². The van der Waals surface area contributed by atoms with Crippen LogP contribution in [0.5, 0.6) is 0 Å². The molecule has 2 aromatic carbocycles. The van der Waals surface area contributed by atoms with E-state index in [1.54, 1.807) is 7.05 Å². The monoisotopic (exact) mass is 466 g/mol. The van der Waals surface area contributed by atoms with Crippen LogP contribution in [0.4, 0.5) is 14.5 Å². The maximum atomic E-state index is 13.5. The quantitative estimate of drug-likeness (QED) is 0.624. The van der Waals surface area contributed by atoms with Gasteiger partial charge in [-0.25, -0.2) is 18.1 Å². The highest BCUT2D eigenvalue weighted by Gasteiger charge is 2.47. The number of sulfonamides is 1. The molecule has 4 rings (SSSR count). The van der Waals surface area contributed by atoms with Crippen molar-refractivity contribution in [2.75, 3.05) is 11.9 Å². The van der Waals surface area contributed by atoms with E-state index >= 15 is 0 Å². The molecule has 1 fully saturated rings. The van der Waals surface area contributed by atoms with E-state index in [0.717, 1.165) is 10.4 Å². The van der Waals surface area contributed by atoms with Crippen molar-refractivity contribution in [1.82, 2.24) is 13.9 Å². The molecule has 3 aromatic rings. The number of imidazole rings is 1. The Balaban J connectivity index is 1.73. The number of aromatic nitrogens is 2. The summed E-state index contributed by atoms with van der Waals surface area (Å²) in [5, 5.41) is 2.55. The van der Waals surface area contributed by atoms with Gasteiger partial charge in [-0.05, 0) is 35.9 Å². The third kappa shape index (κ3) is 4.00. The third-order valence-corrected chi connectivity index (χ3v) is 6.99. The molecule has 31 heavy (non-hydrogen) atoms. The van der Waals surface area contributed by atoms with E-state index < -0.39 is 39.5 Å². The molecule has 1 amide bonds. The van der Waals surface area contributed by atoms with Crippen LogP contribution in [0.1, 0.15) is 11.5 Å². The Kier molecular flexibility index (Phi) is 5.44. The van der Waals surface area contributed by atoms with Crippen molar-refractivity contribution in [2.24, 2.45) is 7.05 Å². The molecule has 2 heterocycles. The molecule has 2 atom stereocenters. The molecule has 7 nitrogen and oxygen atoms in total. The first-order chi connectivity index (χ1) is 14.7. The molecule has 0 aliphatic carbocycles. The molecule has 0 spiro atoms. The van der Waals surface area contributed by atoms with Gasteiger partial charge in [0, 0.05) is 31.4 Å². The first-order valence-corrected chi connectivity index (χ1v) is 11.0. The number of carbonyl (C=O) groups excluding carboxylic acids is 1. The number of anilines is 1. The van der Waals surface area contributed by atoms with Crippen LogP contribution in [0, 0.1) is 11.6 Å². The maximum absolute atomic E-state index is 13.5. The number of benzene rings is 2. The SMILES string of the molecule is Cn1cnc(S(=O)(=O)N2CC(c3ccc(F)cc3)C(Nc3ccc(F)c(Cl)c3)C2=O)c1. The van der Waals surface area contributed by atoms with Crippen LogP contribution in [0.15, 0.2) is 60.0 Å². The minimum absolute atomic E-state index is 0.147. The molecule has 0 bridgehead atoms. The van der Waals surface area contributed by atoms with E-state index in [9.17, 15) is 22.0 Å². The van der Waals surface area contributed by atoms with Crippen LogP contribution in [0.2, 0.25) is 5.02 Å². The van der Waals surface area contributed by atoms with Gasteiger partial charge >= 0.3 is 0 Å². The van der Waals surface area contributed by atoms with Gasteiger partial charge in [-0.1, -0.05) is 23.7 Å². The van der Waals surface area contributed by atoms with Gasteiger partial charge in [0.2, 0.25) is 0 Å². The maximum Gasteiger partial charge on any atom is 0.285 e. The Morgan fingerprint density at radius 3 is 2.48 bits per heavy atom. The van der Waals surface area contributed by atoms with Gasteiger partial charge in [-0.15, -0.1) is 0 Å². The number of aryl methyl sites for hydroxylation is 1. The van der Waals surface area contributed by atoms with Crippen molar-refractivity contribution in [3.05, 3.63) is 77.2 Å². The van der Waals surface area contributed by atoms with Crippen LogP contribution >= 0.6 is 11.6 Å². The van der Waals surface area contributed by atoms with Crippen LogP contribution in [0.25, 0.3) is 0 Å². The summed E-state index contributed by atoms with van der Waals surface area (Å²) in [6.45, 7) is -0.171. The first kappa shape index (κ1) is 21.3. The zero-order valence-corrected chi connectivity index (χ0v) is 17.7. The lowest BCUT2D eigenvalue weighted by atomic mass is 9.94. The average Bonchev–Trinajstić information content (AvgIpc) is 3.30. The standard InChI is InChI=1S/C20H17ClF2N4O3S/c1-26-10-18(24-11-26)31(29,30)27-9-15(12-2-4-13(22)5-3-12)19(20(27)28)25-14-6-7-17(23)16(21)8-14/h2-8,10-11,15,19,25H,9H2,1H3. The van der Waals surface area contributed by atoms with E-state index in [4.69, 9.17) is 11.6 Å². The highest BCUT2D eigenvalue weighted by molar-refractivity contribution is 7.89. The summed E-state index contributed by atoms with van der Waals surface area (Å²) < 4.78 is 55.3. The summed E-state index contributed by atoms with van der Waals surface area (Å²) in [7, 11) is -2.59. The second-order valence-electron chi connectivity index (χ2n) is 7.16. The van der Waals surface area contributed by atoms with E-state index in [-0.39, 0.29) is 16.6 Å². The van der Waals surface area contributed by atoms with E-state index in [2.05, 4.69) is 10.3 Å². The Morgan fingerprint density at radius 1 is 1.16 bits per heavy atom. The predicted molar refractivity (Wildman–Crippen MR) is 110 cm³/mol. The van der Waals surface area contributed by atoms with E-state index in [0.29, 0.717) is 11.3 Å². The number of hydrogen-bond donors (Lipinski definition) is 1. The van der Waals surface area contributed by atoms with Crippen LogP contribution in [-0.2, 0) is 21.9 Å². The number of amides is 1. The number of rotatable bonds is 5. The highest BCUT2D eigenvalue weighted by atomic mass is 35.5. The molecule has 1 N–H and O–H groups in total. The number of nitrogens with one attached hydrogen (secondary N) is 1. The zero-order valence-electron chi connectivity index (χ0n) is 16.2. The smallest absolute Gasteiger partial charge is 0.285 e. The summed E-state index contributed by atoms with van der Waals surface area (Å²) >= 11 is 5.83. The van der Waals surface area contributed by atoms with Gasteiger partial charge in [-0.3, -0.25) is 4.79 Å². The molecule has 2 unspecified atom stereocenters. The number of nitrogens with zero attached hydrogens (tertiary/aromatic N) is 3. The minimum Gasteiger partial charge on any atom is -0.373 e. The first-order valence-electron chi connectivity index (χ1n) is 9.18. The zero-order chi connectivity index (χ0) is 22.3. The fourth-order valence-corrected chi connectivity index (χ4v) is 5.08. The van der Waals surface area contributed by atoms with Crippen molar-refractivity contribution in [3.63, 3.8) is 0 Å². The molecule has 1 saturated heterocycles. The van der Waals surface area contributed by atoms with Gasteiger partial charge in [0.15, 0.2) is 5.03 Å². The van der Waals surface area contributed by atoms with Crippen molar-refractivity contribution in [1.29, 1.82) is 0 Å². The van der Waals surface area contributed by atoms with Crippen LogP contribution in [-0.4, -0.2) is 40.8 Å². The second kappa shape index (κ2) is 7.93. The number of carbonyl (C=O) groups is 1. The topological polar surface area (TPSA) is 84.3 Å². The van der Waals surface area contributed by atoms with Crippen molar-refractivity contribution in [3.8, 4) is 0 Å². The Morgan fingerprint density at radius 2 is 1.87 bits per heavy atom. The Labute approximate surface area is 182 Å². The van der Waals surface area contributed by atoms with E-state index in [1.807, 2.05) is 0 Å². The molecule has 11 heteroatoms. The molecule has 1 aromatic heterocycles. The lowest BCUT2D eigenvalue weighted by Gasteiger charge is -2.19. The van der Waals surface area contributed by atoms with E-state index in [1.165, 1.54) is 53.5 Å². The minimum atomic E-state index is -4.20. The van der Waals surface area contributed by atoms with Crippen LogP contribution in [0.3, 0.4) is 0 Å². The van der Waals surface area contributed by atoms with Gasteiger partial charge in [-0.2, -0.15) is 8.42 Å². The van der Waals surface area contributed by atoms with Gasteiger partial charge in [0.05, 0.1) is 11.3 Å². The molecule has 1 aliphatic rings. The van der Waals surface area contributed by atoms with Crippen molar-refractivity contribution < 1.29 is 22.0 Å². The summed E-state index contributed by atoms with van der Waals surface area (Å²) in [6, 6.07) is 8.30. The lowest BCUT2D eigenvalue weighted by Crippen LogP contribution is -2.38. The molecule has 1 aliphatic heterocycles. The fourth-order valence-electron chi connectivity index (χ4n) is 3.49. The van der Waals surface area contributed by atoms with Gasteiger partial charge < -0.3 is 9.88 Å². The largest absolute Gasteiger partial charge is 0.373 e. The molecule has 162 valence electrons. The second-order valence-corrected chi connectivity index (χ2v) is 9.38. The lowest BCUT2D eigenvalue weighted by molar-refractivity contribution is -0.124. The summed E-state index contributed by atoms with van der Waals surface area (Å²) in [5.74, 6) is -2.42. The average molecular weight is 467 g/mol. The van der Waals surface area contributed by atoms with Gasteiger partial charge in [0.1, 0.15) is 17.7 Å². The predicted octanol–water partition coefficient (Wildman–Crippen LogP) is 3.15. The Hall–Kier alpha value is -2.98. The Bertz CT molecular complexity index is 1250. The molecular formula is C20H17ClF2N4O3S. The van der Waals surface area contributed by atoms with Crippen molar-refractivity contribution >= 4 is 33.2 Å². The fraction of sp³-hybridized carbons (Fsp3) is 0.200. The normalized spacial score (nSPS) is 19.1. The molecular weight excluding hydrogens is 450 g/mol. The summed E-state index contributed by atoms with van der Waals surface area (Å²) in [6.07, 6.45) is 2.62. The molecule has 0 saturated carbocycles. The molecule has 0 radical (unpaired) electrons. The highest BCUT2D eigenvalue weighted by Crippen LogP contribution is 2.34. The van der Waals surface area contributed by atoms with Gasteiger partial charge in [0.25, 0.3) is 15.9 Å².